The van der Waals surface area contributed by atoms with Gasteiger partial charge in [-0.3, -0.25) is 0 Å². The zero-order chi connectivity index (χ0) is 0. The summed E-state index contributed by atoms with van der Waals surface area (Å²) in [5.41, 5.74) is 0. The van der Waals surface area contributed by atoms with Gasteiger partial charge in [-0.05, 0) is 0 Å². The minimum atomic E-state index is 0. The van der Waals surface area contributed by atoms with Crippen LogP contribution in [0.2, 0.25) is 0 Å². The minimum absolute atomic E-state index is 0. The van der Waals surface area contributed by atoms with Gasteiger partial charge in [-0.15, -0.1) is 0 Å². The van der Waals surface area contributed by atoms with Crippen molar-refractivity contribution in [1.29, 1.82) is 0 Å². The maximum atomic E-state index is 0. The van der Waals surface area contributed by atoms with E-state index < -0.39 is 0 Å². The Bertz CT molecular complexity index is 6.00. The van der Waals surface area contributed by atoms with Crippen molar-refractivity contribution in [2.45, 2.75) is 0 Å². The first-order chi connectivity index (χ1) is 0. The standard InChI is InChI=1S/Co.2Cu.H2S/h;;;1H2. The van der Waals surface area contributed by atoms with Crippen LogP contribution in [0.15, 0.2) is 0 Å². The zero-order valence-electron chi connectivity index (χ0n) is 1.44. The first-order valence-corrected chi connectivity index (χ1v) is 0. The van der Waals surface area contributed by atoms with Crippen LogP contribution < -0.4 is 0 Å². The summed E-state index contributed by atoms with van der Waals surface area (Å²) in [5, 5.41) is 0. The van der Waals surface area contributed by atoms with Crippen LogP contribution in [-0.2, 0) is 50.9 Å². The molecule has 3 radical (unpaired) electrons. The molecule has 0 heterocycles. The van der Waals surface area contributed by atoms with E-state index in [1.54, 1.807) is 0 Å². The van der Waals surface area contributed by atoms with Gasteiger partial charge in [-0.2, -0.15) is 13.5 Å². The van der Waals surface area contributed by atoms with Gasteiger partial charge in [-0.1, -0.05) is 0 Å². The molecule has 0 aliphatic heterocycles. The topological polar surface area (TPSA) is 0 Å². The second kappa shape index (κ2) is 20.7. The second-order valence-corrected chi connectivity index (χ2v) is 0. The summed E-state index contributed by atoms with van der Waals surface area (Å²) in [6.45, 7) is 0. The van der Waals surface area contributed by atoms with Crippen molar-refractivity contribution in [2.24, 2.45) is 0 Å². The summed E-state index contributed by atoms with van der Waals surface area (Å²) in [4.78, 5) is 0. The number of rotatable bonds is 0. The van der Waals surface area contributed by atoms with Gasteiger partial charge in [0.05, 0.1) is 0 Å². The molecule has 0 nitrogen and oxygen atoms in total. The van der Waals surface area contributed by atoms with Crippen LogP contribution in [0, 0.1) is 0 Å². The smallest absolute Gasteiger partial charge is 0 e. The van der Waals surface area contributed by atoms with Crippen molar-refractivity contribution in [2.75, 3.05) is 0 Å². The average Bonchev–Trinajstić information content (AvgIpc) is 0. The number of hydrogen-bond donors (Lipinski definition) is 0. The second-order valence-electron chi connectivity index (χ2n) is 0. The van der Waals surface area contributed by atoms with Gasteiger partial charge >= 0.3 is 0 Å². The molecule has 0 aliphatic rings. The molecule has 0 unspecified atom stereocenters. The molecule has 0 rings (SSSR count). The van der Waals surface area contributed by atoms with Crippen LogP contribution in [0.3, 0.4) is 0 Å². The molecule has 0 aromatic heterocycles. The van der Waals surface area contributed by atoms with Gasteiger partial charge in [0.1, 0.15) is 0 Å². The van der Waals surface area contributed by atoms with E-state index in [2.05, 4.69) is 0 Å². The molecule has 0 bridgehead atoms. The molecular weight excluding hydrogens is 218 g/mol. The molecule has 4 heteroatoms. The predicted molar refractivity (Wildman–Crippen MR) is 10.4 cm³/mol. The molecular formula is H2CoCu2S. The molecule has 0 N–H and O–H groups in total. The van der Waals surface area contributed by atoms with Crippen molar-refractivity contribution < 1.29 is 50.9 Å². The van der Waals surface area contributed by atoms with Crippen LogP contribution in [0.1, 0.15) is 0 Å². The third-order valence-corrected chi connectivity index (χ3v) is 0. The summed E-state index contributed by atoms with van der Waals surface area (Å²) >= 11 is 0. The molecule has 0 amide bonds. The summed E-state index contributed by atoms with van der Waals surface area (Å²) in [7, 11) is 0. The van der Waals surface area contributed by atoms with Crippen molar-refractivity contribution in [3.05, 3.63) is 0 Å². The molecule has 0 fully saturated rings. The molecule has 0 spiro atoms. The fraction of sp³-hybridized carbons (Fsp3) is 0. The van der Waals surface area contributed by atoms with Gasteiger partial charge in [0.15, 0.2) is 0 Å². The Hall–Kier alpha value is 1.90. The zero-order valence-corrected chi connectivity index (χ0v) is 5.36. The molecule has 0 saturated carbocycles. The first kappa shape index (κ1) is 39.3. The first-order valence-electron chi connectivity index (χ1n) is 0. The van der Waals surface area contributed by atoms with Gasteiger partial charge in [0.25, 0.3) is 0 Å². The Kier molecular flexibility index (Phi) is 203. The molecule has 0 aliphatic carbocycles. The Morgan fingerprint density at radius 3 is 0.750 bits per heavy atom. The molecule has 0 saturated heterocycles. The quantitative estimate of drug-likeness (QED) is 0.508. The fourth-order valence-corrected chi connectivity index (χ4v) is 0. The Labute approximate surface area is 64.1 Å². The van der Waals surface area contributed by atoms with E-state index in [0.717, 1.165) is 0 Å². The largest absolute Gasteiger partial charge is 0.197 e. The van der Waals surface area contributed by atoms with Crippen LogP contribution in [0.4, 0.5) is 0 Å². The van der Waals surface area contributed by atoms with Crippen molar-refractivity contribution >= 4 is 13.5 Å². The maximum absolute atomic E-state index is 0. The van der Waals surface area contributed by atoms with E-state index in [-0.39, 0.29) is 64.4 Å². The Morgan fingerprint density at radius 2 is 0.750 bits per heavy atom. The third-order valence-electron chi connectivity index (χ3n) is 0. The average molecular weight is 220 g/mol. The van der Waals surface area contributed by atoms with E-state index in [9.17, 15) is 0 Å². The van der Waals surface area contributed by atoms with Gasteiger partial charge in [0, 0.05) is 50.9 Å². The summed E-state index contributed by atoms with van der Waals surface area (Å²) in [5.74, 6) is 0. The molecule has 0 aromatic rings. The monoisotopic (exact) mass is 219 g/mol. The van der Waals surface area contributed by atoms with Crippen molar-refractivity contribution in [3.8, 4) is 0 Å². The van der Waals surface area contributed by atoms with Crippen LogP contribution in [0.25, 0.3) is 0 Å². The van der Waals surface area contributed by atoms with Gasteiger partial charge < -0.3 is 0 Å². The van der Waals surface area contributed by atoms with E-state index in [0.29, 0.717) is 0 Å². The molecule has 39 valence electrons. The fourth-order valence-electron chi connectivity index (χ4n) is 0. The molecule has 4 heavy (non-hydrogen) atoms. The van der Waals surface area contributed by atoms with Crippen molar-refractivity contribution in [3.63, 3.8) is 0 Å². The van der Waals surface area contributed by atoms with Crippen LogP contribution in [-0.4, -0.2) is 0 Å². The van der Waals surface area contributed by atoms with Crippen LogP contribution >= 0.6 is 13.5 Å². The Balaban J connectivity index is 0. The SMILES string of the molecule is S.[Co].[Cu].[Cu]. The van der Waals surface area contributed by atoms with Gasteiger partial charge in [0.2, 0.25) is 0 Å². The Morgan fingerprint density at radius 1 is 0.750 bits per heavy atom. The summed E-state index contributed by atoms with van der Waals surface area (Å²) in [6.07, 6.45) is 0. The van der Waals surface area contributed by atoms with Crippen molar-refractivity contribution in [1.82, 2.24) is 0 Å². The van der Waals surface area contributed by atoms with E-state index in [1.807, 2.05) is 0 Å². The van der Waals surface area contributed by atoms with E-state index in [4.69, 9.17) is 0 Å². The predicted octanol–water partition coefficient (Wildman–Crippen LogP) is 0.105. The van der Waals surface area contributed by atoms with Gasteiger partial charge in [-0.25, -0.2) is 0 Å². The molecule has 0 aromatic carbocycles. The summed E-state index contributed by atoms with van der Waals surface area (Å²) in [6, 6.07) is 0. The molecule has 0 atom stereocenters. The van der Waals surface area contributed by atoms with E-state index >= 15 is 0 Å². The van der Waals surface area contributed by atoms with Crippen LogP contribution in [0.5, 0.6) is 0 Å². The van der Waals surface area contributed by atoms with E-state index in [1.165, 1.54) is 0 Å². The summed E-state index contributed by atoms with van der Waals surface area (Å²) < 4.78 is 0. The number of hydrogen-bond acceptors (Lipinski definition) is 0. The maximum Gasteiger partial charge on any atom is 0 e. The normalized spacial score (nSPS) is 0. The minimum Gasteiger partial charge on any atom is -0.197 e. The third kappa shape index (κ3) is 9.09.